The molecule has 0 amide bonds. The fraction of sp³-hybridized carbons (Fsp3) is 0.604. The molecule has 0 radical (unpaired) electrons. The van der Waals surface area contributed by atoms with E-state index in [1.807, 2.05) is 0 Å². The minimum atomic E-state index is 0.100. The van der Waals surface area contributed by atoms with Gasteiger partial charge in [-0.05, 0) is 389 Å². The van der Waals surface area contributed by atoms with Gasteiger partial charge in [0.15, 0.2) is 0 Å². The van der Waals surface area contributed by atoms with E-state index in [0.717, 1.165) is 10.4 Å². The molecule has 0 saturated heterocycles. The van der Waals surface area contributed by atoms with Crippen LogP contribution in [0.5, 0.6) is 0 Å². The second kappa shape index (κ2) is 29.3. The molecule has 0 unspecified atom stereocenters. The van der Waals surface area contributed by atoms with E-state index >= 15 is 0 Å². The van der Waals surface area contributed by atoms with Gasteiger partial charge in [-0.3, -0.25) is 0 Å². The number of hydrogen-bond donors (Lipinski definition) is 0. The van der Waals surface area contributed by atoms with E-state index in [4.69, 9.17) is 0 Å². The minimum absolute atomic E-state index is 0.100. The lowest BCUT2D eigenvalue weighted by atomic mass is 9.39. The zero-order valence-corrected chi connectivity index (χ0v) is 76.2. The average Bonchev–Trinajstić information content (AvgIpc) is 1.22. The Labute approximate surface area is 628 Å². The van der Waals surface area contributed by atoms with Crippen LogP contribution < -0.4 is 10.4 Å². The lowest BCUT2D eigenvalue weighted by molar-refractivity contribution is -0.0843. The molecule has 4 aliphatic rings. The van der Waals surface area contributed by atoms with Gasteiger partial charge in [-0.15, -0.1) is 0 Å². The maximum Gasteiger partial charge on any atom is -0.00473 e. The Morgan fingerprint density at radius 3 is 0.436 bits per heavy atom. The van der Waals surface area contributed by atoms with Gasteiger partial charge in [0.2, 0.25) is 0 Å². The monoisotopic (exact) mass is 1370 g/mol. The molecule has 564 valence electrons. The van der Waals surface area contributed by atoms with Crippen molar-refractivity contribution >= 4 is 23.9 Å². The van der Waals surface area contributed by atoms with Crippen LogP contribution in [0.3, 0.4) is 0 Å². The van der Waals surface area contributed by atoms with Gasteiger partial charge in [0.05, 0.1) is 0 Å². The Balaban J connectivity index is 0.000000402. The van der Waals surface area contributed by atoms with E-state index in [2.05, 4.69) is 385 Å². The topological polar surface area (TPSA) is 0 Å². The molecule has 4 aromatic rings. The number of hydrogen-bond acceptors (Lipinski definition) is 0. The van der Waals surface area contributed by atoms with E-state index in [9.17, 15) is 0 Å². The third-order valence-electron chi connectivity index (χ3n) is 34.7. The van der Waals surface area contributed by atoms with Crippen LogP contribution in [-0.4, -0.2) is 0 Å². The highest BCUT2D eigenvalue weighted by Crippen LogP contribution is 2.70. The molecule has 0 N–H and O–H groups in total. The van der Waals surface area contributed by atoms with Crippen molar-refractivity contribution in [2.45, 2.75) is 332 Å². The van der Waals surface area contributed by atoms with Crippen molar-refractivity contribution in [1.82, 2.24) is 0 Å². The fourth-order valence-electron chi connectivity index (χ4n) is 17.3. The molecule has 2 saturated carbocycles. The van der Waals surface area contributed by atoms with Gasteiger partial charge in [-0.2, -0.15) is 0 Å². The summed E-state index contributed by atoms with van der Waals surface area (Å²) in [5.74, 6) is 0. The molecular formula is C101H160. The molecule has 0 aromatic heterocycles. The van der Waals surface area contributed by atoms with Crippen LogP contribution in [0.4, 0.5) is 0 Å². The second-order valence-corrected chi connectivity index (χ2v) is 39.5. The SMILES string of the molecule is C=C1C(=C)C(C)(C)C(C)(C)C(C)(C)C1(C)C.C=C1C(=C)C(C)(C)C(C)(C)C1(C)C.C=C1C(C)=C(C)C(C)(C)C(C)(C)C1(C)C.C=C1C(C)=C(C)C(C)(C)C(C)(C)C1(C)C.C=c1c(C)c(C)c(C)c(C)c1=C.Cc1c(C)c(C)c(C)c(C)c1C.Cc1c(C)c(C)c2c(C)c(C)c(C)c(C)c2c1C. The minimum Gasteiger partial charge on any atom is -0.0950 e. The van der Waals surface area contributed by atoms with E-state index in [0.29, 0.717) is 0 Å². The third kappa shape index (κ3) is 14.2. The fourth-order valence-corrected chi connectivity index (χ4v) is 17.3. The Hall–Kier alpha value is -5.20. The first-order valence-electron chi connectivity index (χ1n) is 38.3. The number of rotatable bonds is 0. The maximum absolute atomic E-state index is 4.31. The molecule has 0 bridgehead atoms. The van der Waals surface area contributed by atoms with Crippen LogP contribution >= 0.6 is 0 Å². The number of fused-ring (bicyclic) bond motifs is 1. The first kappa shape index (κ1) is 91.9. The van der Waals surface area contributed by atoms with Crippen molar-refractivity contribution in [3.05, 3.63) is 206 Å². The van der Waals surface area contributed by atoms with Crippen molar-refractivity contribution in [1.29, 1.82) is 0 Å². The summed E-state index contributed by atoms with van der Waals surface area (Å²) in [4.78, 5) is 0. The van der Waals surface area contributed by atoms with E-state index in [1.54, 1.807) is 0 Å². The molecule has 0 atom stereocenters. The molecule has 4 aromatic carbocycles. The van der Waals surface area contributed by atoms with Crippen LogP contribution in [-0.2, 0) is 0 Å². The lowest BCUT2D eigenvalue weighted by Gasteiger charge is -2.65. The van der Waals surface area contributed by atoms with Crippen molar-refractivity contribution in [3.63, 3.8) is 0 Å². The predicted molar refractivity (Wildman–Crippen MR) is 463 cm³/mol. The summed E-state index contributed by atoms with van der Waals surface area (Å²) in [7, 11) is 0. The first-order chi connectivity index (χ1) is 44.5. The number of aryl methyl sites for hydroxylation is 4. The van der Waals surface area contributed by atoms with Crippen molar-refractivity contribution in [2.75, 3.05) is 0 Å². The van der Waals surface area contributed by atoms with Crippen molar-refractivity contribution in [3.8, 4) is 0 Å². The van der Waals surface area contributed by atoms with Gasteiger partial charge in [-0.25, -0.2) is 0 Å². The summed E-state index contributed by atoms with van der Waals surface area (Å²) in [5.41, 5.74) is 41.4. The zero-order chi connectivity index (χ0) is 81.0. The van der Waals surface area contributed by atoms with Gasteiger partial charge in [0.25, 0.3) is 0 Å². The van der Waals surface area contributed by atoms with Crippen LogP contribution in [0.1, 0.15) is 308 Å². The summed E-state index contributed by atoms with van der Waals surface area (Å²) in [5, 5.41) is 5.15. The predicted octanol–water partition coefficient (Wildman–Crippen LogP) is 29.9. The lowest BCUT2D eigenvalue weighted by Crippen LogP contribution is -2.57. The van der Waals surface area contributed by atoms with E-state index in [1.165, 1.54) is 167 Å². The highest BCUT2D eigenvalue weighted by atomic mass is 14.7. The number of allylic oxidation sites excluding steroid dienone is 10. The molecule has 2 fully saturated rings. The van der Waals surface area contributed by atoms with Crippen LogP contribution in [0, 0.1) is 195 Å². The zero-order valence-electron chi connectivity index (χ0n) is 76.2. The van der Waals surface area contributed by atoms with E-state index in [-0.39, 0.29) is 70.4 Å². The normalized spacial score (nSPS) is 21.4. The maximum atomic E-state index is 4.31. The summed E-state index contributed by atoms with van der Waals surface area (Å²) in [6.07, 6.45) is 0. The average molecular weight is 1370 g/mol. The molecule has 0 aliphatic heterocycles. The molecular weight excluding hydrogens is 1210 g/mol. The van der Waals surface area contributed by atoms with Crippen LogP contribution in [0.15, 0.2) is 95.2 Å². The number of benzene rings is 4. The molecule has 4 aliphatic carbocycles. The van der Waals surface area contributed by atoms with E-state index < -0.39 is 0 Å². The molecule has 0 heterocycles. The van der Waals surface area contributed by atoms with Crippen molar-refractivity contribution in [2.24, 2.45) is 70.4 Å². The van der Waals surface area contributed by atoms with Gasteiger partial charge in [0, 0.05) is 0 Å². The first-order valence-corrected chi connectivity index (χ1v) is 38.3. The quantitative estimate of drug-likeness (QED) is 0.165. The molecule has 0 spiro atoms. The second-order valence-electron chi connectivity index (χ2n) is 39.5. The Morgan fingerprint density at radius 2 is 0.277 bits per heavy atom. The van der Waals surface area contributed by atoms with Crippen LogP contribution in [0.2, 0.25) is 0 Å². The van der Waals surface area contributed by atoms with Crippen molar-refractivity contribution < 1.29 is 0 Å². The van der Waals surface area contributed by atoms with Gasteiger partial charge in [-0.1, -0.05) is 244 Å². The largest absolute Gasteiger partial charge is 0.0950 e. The van der Waals surface area contributed by atoms with Crippen LogP contribution in [0.25, 0.3) is 23.9 Å². The molecule has 0 nitrogen and oxygen atoms in total. The standard InChI is InChI=1S/C18H24.C16H28.2C15H26.C13H22.C12H18.C12H16/c1-9-10(2)14(6)18-16(8)12(4)11(3)15(7)17(18)13(9)5;1-11-12(2)14(5,6)16(9,10)15(7,8)13(11,3)4;2*1-10-11(2)13(4,5)15(8,9)14(6,7)12(10)3;1-9-10(2)12(5,6)13(7,8)11(9,3)4;2*1-7-8(2)10(4)12(6)11(5)9(7)3/h1-8H3;1-2H2,3-10H3;2*2H2,1,3-9H3;1-2H2,3-8H3;1-6H3;1-2H2,3-6H3. The molecule has 8 rings (SSSR count). The third-order valence-corrected chi connectivity index (χ3v) is 34.7. The van der Waals surface area contributed by atoms with Gasteiger partial charge >= 0.3 is 0 Å². The highest BCUT2D eigenvalue weighted by molar-refractivity contribution is 5.97. The Bertz CT molecular complexity index is 3790. The molecule has 101 heavy (non-hydrogen) atoms. The Morgan fingerprint density at radius 1 is 0.149 bits per heavy atom. The smallest absolute Gasteiger partial charge is 0.00473 e. The molecule has 0 heteroatoms. The highest BCUT2D eigenvalue weighted by Gasteiger charge is 2.62. The summed E-state index contributed by atoms with van der Waals surface area (Å²) in [6.45, 7) is 143. The summed E-state index contributed by atoms with van der Waals surface area (Å²) >= 11 is 0. The Kier molecular flexibility index (Phi) is 26.6. The summed E-state index contributed by atoms with van der Waals surface area (Å²) < 4.78 is 0. The van der Waals surface area contributed by atoms with Gasteiger partial charge < -0.3 is 0 Å². The van der Waals surface area contributed by atoms with Gasteiger partial charge in [0.1, 0.15) is 0 Å². The summed E-state index contributed by atoms with van der Waals surface area (Å²) in [6, 6.07) is 0.